The van der Waals surface area contributed by atoms with Crippen LogP contribution in [0.15, 0.2) is 82.6 Å². The fourth-order valence-corrected chi connectivity index (χ4v) is 8.15. The van der Waals surface area contributed by atoms with Crippen LogP contribution in [-0.4, -0.2) is 34.6 Å². The molecule has 0 spiro atoms. The first-order valence-electron chi connectivity index (χ1n) is 12.8. The smallest absolute Gasteiger partial charge is 0.308 e. The maximum atomic E-state index is 14.0. The molecule has 2 aliphatic heterocycles. The third kappa shape index (κ3) is 4.96. The molecule has 0 bridgehead atoms. The van der Waals surface area contributed by atoms with Crippen LogP contribution in [0.1, 0.15) is 21.9 Å². The molecule has 41 heavy (non-hydrogen) atoms. The third-order valence-electron chi connectivity index (χ3n) is 7.25. The van der Waals surface area contributed by atoms with E-state index in [4.69, 9.17) is 16.3 Å². The van der Waals surface area contributed by atoms with Crippen molar-refractivity contribution < 1.29 is 19.1 Å². The summed E-state index contributed by atoms with van der Waals surface area (Å²) in [5, 5.41) is 3.11. The molecule has 6 rings (SSSR count). The lowest BCUT2D eigenvalue weighted by Crippen LogP contribution is -2.33. The van der Waals surface area contributed by atoms with Gasteiger partial charge in [-0.15, -0.1) is 0 Å². The van der Waals surface area contributed by atoms with Crippen molar-refractivity contribution in [2.45, 2.75) is 29.7 Å². The maximum absolute atomic E-state index is 14.0. The predicted molar refractivity (Wildman–Crippen MR) is 160 cm³/mol. The minimum atomic E-state index is -0.779. The molecule has 0 saturated carbocycles. The molecule has 2 unspecified atom stereocenters. The minimum absolute atomic E-state index is 0.222. The van der Waals surface area contributed by atoms with Gasteiger partial charge in [0.15, 0.2) is 0 Å². The van der Waals surface area contributed by atoms with Gasteiger partial charge in [0, 0.05) is 21.5 Å². The number of aromatic nitrogens is 1. The minimum Gasteiger partial charge on any atom is -0.497 e. The summed E-state index contributed by atoms with van der Waals surface area (Å²) < 4.78 is 6.63. The van der Waals surface area contributed by atoms with Crippen molar-refractivity contribution >= 4 is 63.8 Å². The Balaban J connectivity index is 1.39. The SMILES string of the molecule is COc1ccc(N2C(=O)C3Sc4c(sc(=O)n4CC(=O)Nc4ccc(C)cc4)[C@H](c4ccc(Cl)cc4)C3C2=O)cc1. The van der Waals surface area contributed by atoms with E-state index in [1.54, 1.807) is 55.6 Å². The number of ether oxygens (including phenoxy) is 1. The van der Waals surface area contributed by atoms with Crippen LogP contribution in [0.4, 0.5) is 11.4 Å². The Kier molecular flexibility index (Phi) is 7.23. The van der Waals surface area contributed by atoms with Crippen LogP contribution in [-0.2, 0) is 20.9 Å². The van der Waals surface area contributed by atoms with Crippen LogP contribution in [0.5, 0.6) is 5.75 Å². The zero-order valence-corrected chi connectivity index (χ0v) is 24.4. The molecule has 3 amide bonds. The summed E-state index contributed by atoms with van der Waals surface area (Å²) in [6.45, 7) is 1.73. The van der Waals surface area contributed by atoms with Crippen molar-refractivity contribution in [1.82, 2.24) is 4.57 Å². The van der Waals surface area contributed by atoms with Crippen LogP contribution in [0.25, 0.3) is 0 Å². The lowest BCUT2D eigenvalue weighted by Gasteiger charge is -2.30. The quantitative estimate of drug-likeness (QED) is 0.299. The number of rotatable bonds is 6. The number of halogens is 1. The highest BCUT2D eigenvalue weighted by Crippen LogP contribution is 2.54. The Bertz CT molecular complexity index is 1720. The van der Waals surface area contributed by atoms with Gasteiger partial charge < -0.3 is 10.1 Å². The normalized spacial score (nSPS) is 19.6. The first-order chi connectivity index (χ1) is 19.7. The average Bonchev–Trinajstić information content (AvgIpc) is 3.41. The fraction of sp³-hybridized carbons (Fsp3) is 0.200. The number of hydrogen-bond acceptors (Lipinski definition) is 7. The lowest BCUT2D eigenvalue weighted by atomic mass is 9.83. The van der Waals surface area contributed by atoms with E-state index >= 15 is 0 Å². The molecule has 11 heteroatoms. The Morgan fingerprint density at radius 1 is 0.951 bits per heavy atom. The summed E-state index contributed by atoms with van der Waals surface area (Å²) in [5.74, 6) is -1.77. The van der Waals surface area contributed by atoms with Crippen LogP contribution >= 0.6 is 34.7 Å². The Labute approximate surface area is 248 Å². The van der Waals surface area contributed by atoms with Crippen molar-refractivity contribution in [2.75, 3.05) is 17.3 Å². The number of hydrogen-bond donors (Lipinski definition) is 1. The molecular formula is C30H24ClN3O5S2. The highest BCUT2D eigenvalue weighted by Gasteiger charge is 2.56. The van der Waals surface area contributed by atoms with E-state index in [0.29, 0.717) is 32.1 Å². The molecule has 208 valence electrons. The highest BCUT2D eigenvalue weighted by atomic mass is 35.5. The molecule has 3 atom stereocenters. The predicted octanol–water partition coefficient (Wildman–Crippen LogP) is 5.31. The monoisotopic (exact) mass is 605 g/mol. The Morgan fingerprint density at radius 2 is 1.63 bits per heavy atom. The number of carbonyl (C=O) groups excluding carboxylic acids is 3. The van der Waals surface area contributed by atoms with E-state index < -0.39 is 17.1 Å². The third-order valence-corrected chi connectivity index (χ3v) is 10.1. The Hall–Kier alpha value is -3.86. The van der Waals surface area contributed by atoms with Gasteiger partial charge in [0.2, 0.25) is 17.7 Å². The standard InChI is InChI=1S/C30H24ClN3O5S2/c1-16-3-9-19(10-4-16)32-22(35)15-33-29-26(41-30(33)38)23(17-5-7-18(31)8-6-17)24-25(40-29)28(37)34(27(24)36)20-11-13-21(39-2)14-12-20/h3-14,23-25H,15H2,1-2H3,(H,32,35)/t23-,24?,25?/m1/s1. The number of carbonyl (C=O) groups is 3. The topological polar surface area (TPSA) is 97.7 Å². The number of fused-ring (bicyclic) bond motifs is 2. The number of aryl methyl sites for hydroxylation is 1. The van der Waals surface area contributed by atoms with E-state index in [9.17, 15) is 19.2 Å². The van der Waals surface area contributed by atoms with E-state index in [2.05, 4.69) is 5.32 Å². The number of amides is 3. The van der Waals surface area contributed by atoms with Crippen LogP contribution in [0.3, 0.4) is 0 Å². The highest BCUT2D eigenvalue weighted by molar-refractivity contribution is 8.00. The number of imide groups is 1. The second-order valence-corrected chi connectivity index (χ2v) is 12.4. The molecule has 4 aromatic rings. The van der Waals surface area contributed by atoms with E-state index in [-0.39, 0.29) is 29.1 Å². The zero-order chi connectivity index (χ0) is 28.8. The largest absolute Gasteiger partial charge is 0.497 e. The molecule has 1 saturated heterocycles. The summed E-state index contributed by atoms with van der Waals surface area (Å²) >= 11 is 8.34. The summed E-state index contributed by atoms with van der Waals surface area (Å²) in [5.41, 5.74) is 2.89. The average molecular weight is 606 g/mol. The van der Waals surface area contributed by atoms with Gasteiger partial charge in [-0.2, -0.15) is 0 Å². The molecule has 3 heterocycles. The molecule has 8 nitrogen and oxygen atoms in total. The molecule has 3 aromatic carbocycles. The summed E-state index contributed by atoms with van der Waals surface area (Å²) in [7, 11) is 1.54. The fourth-order valence-electron chi connectivity index (χ4n) is 5.25. The summed E-state index contributed by atoms with van der Waals surface area (Å²) in [6, 6.07) is 21.2. The van der Waals surface area contributed by atoms with Gasteiger partial charge in [-0.05, 0) is 61.0 Å². The van der Waals surface area contributed by atoms with Crippen molar-refractivity contribution in [2.24, 2.45) is 5.92 Å². The van der Waals surface area contributed by atoms with Gasteiger partial charge >= 0.3 is 4.87 Å². The van der Waals surface area contributed by atoms with Crippen LogP contribution in [0, 0.1) is 12.8 Å². The van der Waals surface area contributed by atoms with Crippen molar-refractivity contribution in [1.29, 1.82) is 0 Å². The second-order valence-electron chi connectivity index (χ2n) is 9.84. The molecule has 0 radical (unpaired) electrons. The number of thioether (sulfide) groups is 1. The summed E-state index contributed by atoms with van der Waals surface area (Å²) in [6.07, 6.45) is 0. The number of nitrogens with zero attached hydrogens (tertiary/aromatic N) is 2. The van der Waals surface area contributed by atoms with Gasteiger partial charge in [0.05, 0.1) is 23.7 Å². The van der Waals surface area contributed by atoms with Crippen LogP contribution in [0.2, 0.25) is 5.02 Å². The van der Waals surface area contributed by atoms with Gasteiger partial charge in [-0.1, -0.05) is 64.5 Å². The number of benzene rings is 3. The van der Waals surface area contributed by atoms with E-state index in [1.165, 1.54) is 21.2 Å². The first-order valence-corrected chi connectivity index (χ1v) is 14.9. The first kappa shape index (κ1) is 27.3. The summed E-state index contributed by atoms with van der Waals surface area (Å²) in [4.78, 5) is 55.6. The lowest BCUT2D eigenvalue weighted by molar-refractivity contribution is -0.122. The zero-order valence-electron chi connectivity index (χ0n) is 22.0. The Morgan fingerprint density at radius 3 is 2.29 bits per heavy atom. The van der Waals surface area contributed by atoms with E-state index in [0.717, 1.165) is 22.5 Å². The van der Waals surface area contributed by atoms with Crippen molar-refractivity contribution in [3.8, 4) is 5.75 Å². The van der Waals surface area contributed by atoms with E-state index in [1.807, 2.05) is 31.2 Å². The second kappa shape index (κ2) is 10.8. The maximum Gasteiger partial charge on any atom is 0.308 e. The van der Waals surface area contributed by atoms with Crippen LogP contribution < -0.4 is 19.8 Å². The van der Waals surface area contributed by atoms with Gasteiger partial charge in [-0.3, -0.25) is 23.7 Å². The molecular weight excluding hydrogens is 582 g/mol. The molecule has 1 aromatic heterocycles. The number of methoxy groups -OCH3 is 1. The molecule has 1 N–H and O–H groups in total. The number of thiazole rings is 1. The molecule has 2 aliphatic rings. The van der Waals surface area contributed by atoms with Crippen molar-refractivity contribution in [3.63, 3.8) is 0 Å². The molecule has 1 fully saturated rings. The number of nitrogens with one attached hydrogen (secondary N) is 1. The van der Waals surface area contributed by atoms with Gasteiger partial charge in [0.1, 0.15) is 17.5 Å². The van der Waals surface area contributed by atoms with Gasteiger partial charge in [-0.25, -0.2) is 4.90 Å². The van der Waals surface area contributed by atoms with Gasteiger partial charge in [0.25, 0.3) is 0 Å². The molecule has 0 aliphatic carbocycles. The number of anilines is 2. The van der Waals surface area contributed by atoms with Crippen molar-refractivity contribution in [3.05, 3.63) is 103 Å².